The van der Waals surface area contributed by atoms with E-state index in [1.165, 1.54) is 18.2 Å². The second-order valence-electron chi connectivity index (χ2n) is 10.8. The van der Waals surface area contributed by atoms with Crippen molar-refractivity contribution in [1.29, 1.82) is 0 Å². The van der Waals surface area contributed by atoms with Gasteiger partial charge in [0.05, 0.1) is 39.3 Å². The van der Waals surface area contributed by atoms with Crippen molar-refractivity contribution < 1.29 is 61.5 Å². The zero-order valence-corrected chi connectivity index (χ0v) is 30.7. The normalized spacial score (nSPS) is 12.4. The molecule has 0 bridgehead atoms. The average Bonchev–Trinajstić information content (AvgIpc) is 3.05. The van der Waals surface area contributed by atoms with E-state index in [4.69, 9.17) is 19.6 Å². The third-order valence-corrected chi connectivity index (χ3v) is 9.80. The Morgan fingerprint density at radius 3 is 2.02 bits per heavy atom. The van der Waals surface area contributed by atoms with E-state index in [0.29, 0.717) is 6.07 Å². The lowest BCUT2D eigenvalue weighted by Crippen LogP contribution is -2.17. The molecule has 0 aliphatic heterocycles. The van der Waals surface area contributed by atoms with Gasteiger partial charge in [-0.2, -0.15) is 48.6 Å². The summed E-state index contributed by atoms with van der Waals surface area (Å²) in [5.41, 5.74) is 4.46. The predicted molar refractivity (Wildman–Crippen MR) is 192 cm³/mol. The second-order valence-corrected chi connectivity index (χ2v) is 16.7. The van der Waals surface area contributed by atoms with E-state index in [1.807, 2.05) is 0 Å². The number of azo groups is 1. The number of nitrogens with two attached hydrogens (primary N) is 1. The van der Waals surface area contributed by atoms with Gasteiger partial charge in [0.25, 0.3) is 46.2 Å². The number of hydrogen-bond acceptors (Lipinski definition) is 20. The van der Waals surface area contributed by atoms with Gasteiger partial charge < -0.3 is 26.4 Å². The summed E-state index contributed by atoms with van der Waals surface area (Å²) in [7, 11) is -18.5. The maximum absolute atomic E-state index is 12.1. The summed E-state index contributed by atoms with van der Waals surface area (Å²) in [5.74, 6) is -2.54. The zero-order valence-electron chi connectivity index (χ0n) is 27.4. The maximum Gasteiger partial charge on any atom is 0.297 e. The molecule has 4 aromatic rings. The Bertz CT molecular complexity index is 2590. The van der Waals surface area contributed by atoms with Gasteiger partial charge in [-0.1, -0.05) is 6.07 Å². The molecule has 0 saturated carbocycles. The van der Waals surface area contributed by atoms with Gasteiger partial charge in [0.1, 0.15) is 22.0 Å². The van der Waals surface area contributed by atoms with E-state index in [1.54, 1.807) is 0 Å². The van der Waals surface area contributed by atoms with E-state index in [0.717, 1.165) is 30.3 Å². The Hall–Kier alpha value is -5.69. The molecule has 3 aromatic carbocycles. The number of rotatable bonds is 18. The molecule has 55 heavy (non-hydrogen) atoms. The van der Waals surface area contributed by atoms with Crippen LogP contribution in [0.2, 0.25) is 0 Å². The highest BCUT2D eigenvalue weighted by Gasteiger charge is 2.21. The number of nitro benzene ring substituents is 1. The lowest BCUT2D eigenvalue weighted by molar-refractivity contribution is -0.385. The summed E-state index contributed by atoms with van der Waals surface area (Å²) in [6.45, 7) is -0.705. The fourth-order valence-corrected chi connectivity index (χ4v) is 6.18. The number of aromatic nitrogens is 3. The standard InChI is InChI=1S/C26H28N10O15S4/c27-18-13-20(30-26-32-24(28-7-10-53(42,43)44)31-25(33-26)29-15-3-1-4-17(11-15)54(45,46)47)21(14-22(18)51-8-2-9-52(39,40)41)35-34-19-6-5-16(36(37)38)12-23(19)55(48,49)50/h1,3-6,11-14H,2,7-10,27H2,(H,39,40,41)(H,42,43,44)(H,45,46,47)(H,48,49,50)(H3,28,29,30,31,32,33). The summed E-state index contributed by atoms with van der Waals surface area (Å²) in [5, 5.41) is 27.0. The van der Waals surface area contributed by atoms with Crippen LogP contribution < -0.4 is 26.4 Å². The first kappa shape index (κ1) is 42.1. The van der Waals surface area contributed by atoms with Gasteiger partial charge in [0, 0.05) is 30.4 Å². The van der Waals surface area contributed by atoms with Crippen molar-refractivity contribution in [2.75, 3.05) is 46.3 Å². The van der Waals surface area contributed by atoms with Gasteiger partial charge in [0.15, 0.2) is 0 Å². The monoisotopic (exact) mass is 848 g/mol. The van der Waals surface area contributed by atoms with Crippen LogP contribution in [0.15, 0.2) is 74.6 Å². The quantitative estimate of drug-likeness (QED) is 0.0178. The molecule has 0 spiro atoms. The number of hydrogen-bond donors (Lipinski definition) is 8. The molecule has 1 aromatic heterocycles. The first-order chi connectivity index (χ1) is 25.5. The van der Waals surface area contributed by atoms with E-state index >= 15 is 0 Å². The van der Waals surface area contributed by atoms with Crippen molar-refractivity contribution in [3.63, 3.8) is 0 Å². The molecule has 1 heterocycles. The highest BCUT2D eigenvalue weighted by atomic mass is 32.2. The van der Waals surface area contributed by atoms with Crippen LogP contribution in [0.3, 0.4) is 0 Å². The highest BCUT2D eigenvalue weighted by molar-refractivity contribution is 7.86. The third-order valence-electron chi connectivity index (χ3n) is 6.54. The molecule has 25 nitrogen and oxygen atoms in total. The van der Waals surface area contributed by atoms with E-state index in [9.17, 15) is 52.9 Å². The van der Waals surface area contributed by atoms with E-state index < -0.39 is 84.6 Å². The minimum Gasteiger partial charge on any atom is -0.491 e. The number of nitrogen functional groups attached to an aromatic ring is 1. The van der Waals surface area contributed by atoms with Gasteiger partial charge in [-0.05, 0) is 36.8 Å². The van der Waals surface area contributed by atoms with Crippen LogP contribution in [0.1, 0.15) is 6.42 Å². The highest BCUT2D eigenvalue weighted by Crippen LogP contribution is 2.38. The van der Waals surface area contributed by atoms with Crippen molar-refractivity contribution in [3.8, 4) is 5.75 Å². The van der Waals surface area contributed by atoms with Crippen molar-refractivity contribution in [3.05, 3.63) is 64.7 Å². The fourth-order valence-electron chi connectivity index (χ4n) is 4.17. The van der Waals surface area contributed by atoms with Crippen LogP contribution in [0.25, 0.3) is 0 Å². The lowest BCUT2D eigenvalue weighted by Gasteiger charge is -2.15. The molecular formula is C26H28N10O15S4. The SMILES string of the molecule is Nc1cc(Nc2nc(NCCS(=O)(=O)O)nc(Nc3cccc(S(=O)(=O)O)c3)n2)c(N=Nc2ccc([N+](=O)[O-])cc2S(=O)(=O)O)cc1OCCCS(=O)(=O)O. The van der Waals surface area contributed by atoms with Gasteiger partial charge >= 0.3 is 0 Å². The molecule has 0 radical (unpaired) electrons. The summed E-state index contributed by atoms with van der Waals surface area (Å²) < 4.78 is 135. The Kier molecular flexibility index (Phi) is 12.8. The first-order valence-corrected chi connectivity index (χ1v) is 20.8. The molecule has 0 aliphatic carbocycles. The third kappa shape index (κ3) is 13.0. The van der Waals surface area contributed by atoms with Crippen LogP contribution in [0.4, 0.5) is 52.0 Å². The molecule has 0 aliphatic rings. The Labute approximate surface area is 311 Å². The molecule has 0 atom stereocenters. The number of nitrogens with one attached hydrogen (secondary N) is 3. The number of nitrogens with zero attached hydrogens (tertiary/aromatic N) is 6. The van der Waals surface area contributed by atoms with Crippen LogP contribution in [0.5, 0.6) is 5.75 Å². The number of non-ortho nitro benzene ring substituents is 1. The number of benzene rings is 3. The van der Waals surface area contributed by atoms with Crippen molar-refractivity contribution >= 4 is 92.4 Å². The predicted octanol–water partition coefficient (Wildman–Crippen LogP) is 2.71. The van der Waals surface area contributed by atoms with Crippen molar-refractivity contribution in [2.45, 2.75) is 16.2 Å². The lowest BCUT2D eigenvalue weighted by atomic mass is 10.2. The molecule has 9 N–H and O–H groups in total. The number of anilines is 6. The Morgan fingerprint density at radius 2 is 1.40 bits per heavy atom. The Morgan fingerprint density at radius 1 is 0.764 bits per heavy atom. The molecule has 0 fully saturated rings. The zero-order chi connectivity index (χ0) is 40.8. The minimum absolute atomic E-state index is 0.0446. The number of ether oxygens (including phenoxy) is 1. The van der Waals surface area contributed by atoms with E-state index in [2.05, 4.69) is 41.1 Å². The van der Waals surface area contributed by atoms with Crippen LogP contribution >= 0.6 is 0 Å². The van der Waals surface area contributed by atoms with Crippen LogP contribution in [-0.4, -0.2) is 96.4 Å². The summed E-state index contributed by atoms with van der Waals surface area (Å²) in [6, 6.07) is 9.42. The molecular weight excluding hydrogens is 821 g/mol. The van der Waals surface area contributed by atoms with Gasteiger partial charge in [-0.25, -0.2) is 0 Å². The average molecular weight is 849 g/mol. The largest absolute Gasteiger partial charge is 0.491 e. The van der Waals surface area contributed by atoms with Gasteiger partial charge in [-0.3, -0.25) is 28.3 Å². The Balaban J connectivity index is 1.80. The maximum atomic E-state index is 12.1. The van der Waals surface area contributed by atoms with Crippen molar-refractivity contribution in [1.82, 2.24) is 15.0 Å². The first-order valence-electron chi connectivity index (χ1n) is 14.7. The smallest absolute Gasteiger partial charge is 0.297 e. The summed E-state index contributed by atoms with van der Waals surface area (Å²) in [4.78, 5) is 21.2. The minimum atomic E-state index is -5.09. The van der Waals surface area contributed by atoms with Gasteiger partial charge in [-0.15, -0.1) is 10.2 Å². The summed E-state index contributed by atoms with van der Waals surface area (Å²) in [6.07, 6.45) is -0.184. The van der Waals surface area contributed by atoms with Crippen LogP contribution in [-0.2, 0) is 40.5 Å². The summed E-state index contributed by atoms with van der Waals surface area (Å²) >= 11 is 0. The molecule has 4 rings (SSSR count). The van der Waals surface area contributed by atoms with Crippen molar-refractivity contribution in [2.24, 2.45) is 10.2 Å². The van der Waals surface area contributed by atoms with E-state index in [-0.39, 0.29) is 59.4 Å². The molecule has 0 unspecified atom stereocenters. The topological polar surface area (TPSA) is 395 Å². The molecule has 0 saturated heterocycles. The van der Waals surface area contributed by atoms with Gasteiger partial charge in [0.2, 0.25) is 17.8 Å². The van der Waals surface area contributed by atoms with Crippen LogP contribution in [0, 0.1) is 10.1 Å². The molecule has 29 heteroatoms. The number of nitro groups is 1. The second kappa shape index (κ2) is 16.8. The molecule has 296 valence electrons. The fraction of sp³-hybridized carbons (Fsp3) is 0.192. The molecule has 0 amide bonds.